The van der Waals surface area contributed by atoms with Gasteiger partial charge in [-0.3, -0.25) is 9.59 Å². The first-order valence-electron chi connectivity index (χ1n) is 14.5. The lowest BCUT2D eigenvalue weighted by Crippen LogP contribution is -2.27. The van der Waals surface area contributed by atoms with E-state index in [2.05, 4.69) is 18.6 Å². The van der Waals surface area contributed by atoms with Crippen LogP contribution in [0.25, 0.3) is 10.9 Å². The van der Waals surface area contributed by atoms with Crippen LogP contribution in [0, 0.1) is 6.92 Å². The van der Waals surface area contributed by atoms with Crippen molar-refractivity contribution in [2.75, 3.05) is 13.7 Å². The van der Waals surface area contributed by atoms with Crippen molar-refractivity contribution < 1.29 is 27.1 Å². The molecule has 42 heavy (non-hydrogen) atoms. The predicted octanol–water partition coefficient (Wildman–Crippen LogP) is 8.09. The van der Waals surface area contributed by atoms with Crippen LogP contribution in [0.15, 0.2) is 47.3 Å². The third kappa shape index (κ3) is 12.3. The molecule has 2 N–H and O–H groups in total. The maximum atomic E-state index is 14.0. The minimum atomic E-state index is -4.60. The van der Waals surface area contributed by atoms with Gasteiger partial charge in [-0.05, 0) is 55.9 Å². The summed E-state index contributed by atoms with van der Waals surface area (Å²) in [6.45, 7) is 12.0. The largest absolute Gasteiger partial charge is 0.468 e. The van der Waals surface area contributed by atoms with Gasteiger partial charge in [0, 0.05) is 24.4 Å². The van der Waals surface area contributed by atoms with E-state index in [1.165, 1.54) is 25.1 Å². The summed E-state index contributed by atoms with van der Waals surface area (Å²) in [6, 6.07) is 12.1. The Hall–Kier alpha value is -3.20. The number of ether oxygens (including phenoxy) is 1. The molecule has 0 aliphatic heterocycles. The fourth-order valence-electron chi connectivity index (χ4n) is 3.83. The van der Waals surface area contributed by atoms with E-state index in [4.69, 9.17) is 5.73 Å². The van der Waals surface area contributed by atoms with Crippen LogP contribution in [0.3, 0.4) is 0 Å². The van der Waals surface area contributed by atoms with Gasteiger partial charge in [0.05, 0.1) is 24.7 Å². The van der Waals surface area contributed by atoms with Crippen LogP contribution in [0.1, 0.15) is 88.1 Å². The van der Waals surface area contributed by atoms with Crippen LogP contribution in [-0.4, -0.2) is 30.4 Å². The van der Waals surface area contributed by atoms with Gasteiger partial charge >= 0.3 is 12.1 Å². The Balaban J connectivity index is 0.000000861. The van der Waals surface area contributed by atoms with E-state index in [0.29, 0.717) is 17.5 Å². The van der Waals surface area contributed by atoms with E-state index >= 15 is 0 Å². The molecule has 5 nitrogen and oxygen atoms in total. The number of pyridine rings is 1. The molecular formula is C33H48F4N2O3. The first-order valence-corrected chi connectivity index (χ1v) is 14.5. The minimum absolute atomic E-state index is 0.0312. The smallest absolute Gasteiger partial charge is 0.417 e. The van der Waals surface area contributed by atoms with Crippen molar-refractivity contribution in [1.82, 2.24) is 4.57 Å². The van der Waals surface area contributed by atoms with E-state index in [9.17, 15) is 27.2 Å². The number of benzene rings is 2. The van der Waals surface area contributed by atoms with Crippen LogP contribution < -0.4 is 11.3 Å². The number of nitrogens with zero attached hydrogens (tertiary/aromatic N) is 1. The van der Waals surface area contributed by atoms with Gasteiger partial charge in [0.25, 0.3) is 5.56 Å². The molecule has 3 aromatic rings. The molecule has 1 saturated carbocycles. The lowest BCUT2D eigenvalue weighted by molar-refractivity contribution is -0.139. The topological polar surface area (TPSA) is 74.3 Å². The molecule has 2 aromatic carbocycles. The molecule has 1 aliphatic carbocycles. The minimum Gasteiger partial charge on any atom is -0.468 e. The van der Waals surface area contributed by atoms with Crippen LogP contribution in [-0.2, 0) is 35.6 Å². The Morgan fingerprint density at radius 1 is 1.05 bits per heavy atom. The van der Waals surface area contributed by atoms with E-state index in [0.717, 1.165) is 30.4 Å². The molecule has 0 spiro atoms. The molecule has 1 aromatic heterocycles. The van der Waals surface area contributed by atoms with E-state index < -0.39 is 23.5 Å². The average molecular weight is 597 g/mol. The summed E-state index contributed by atoms with van der Waals surface area (Å²) in [5, 5.41) is 0.0848. The average Bonchev–Trinajstić information content (AvgIpc) is 2.95. The van der Waals surface area contributed by atoms with Gasteiger partial charge in [-0.2, -0.15) is 13.2 Å². The zero-order valence-electron chi connectivity index (χ0n) is 26.3. The monoisotopic (exact) mass is 596 g/mol. The number of esters is 1. The first-order chi connectivity index (χ1) is 19.8. The number of methoxy groups -OCH3 is 1. The number of rotatable bonds is 4. The third-order valence-corrected chi connectivity index (χ3v) is 6.14. The zero-order chi connectivity index (χ0) is 32.5. The van der Waals surface area contributed by atoms with Crippen molar-refractivity contribution in [2.45, 2.75) is 92.4 Å². The Labute approximate surface area is 248 Å². The number of alkyl halides is 4. The summed E-state index contributed by atoms with van der Waals surface area (Å²) in [5.41, 5.74) is 5.94. The summed E-state index contributed by atoms with van der Waals surface area (Å²) < 4.78 is 58.8. The molecule has 0 unspecified atom stereocenters. The van der Waals surface area contributed by atoms with Crippen molar-refractivity contribution in [2.24, 2.45) is 12.8 Å². The predicted molar refractivity (Wildman–Crippen MR) is 165 cm³/mol. The first kappa shape index (κ1) is 38.8. The summed E-state index contributed by atoms with van der Waals surface area (Å²) in [7, 11) is 2.82. The van der Waals surface area contributed by atoms with Gasteiger partial charge < -0.3 is 15.0 Å². The maximum Gasteiger partial charge on any atom is 0.417 e. The number of carbonyl (C=O) groups is 1. The van der Waals surface area contributed by atoms with Crippen LogP contribution >= 0.6 is 0 Å². The maximum absolute atomic E-state index is 14.0. The van der Waals surface area contributed by atoms with E-state index in [1.54, 1.807) is 30.3 Å². The second kappa shape index (κ2) is 19.8. The van der Waals surface area contributed by atoms with Gasteiger partial charge in [0.15, 0.2) is 0 Å². The molecule has 0 atom stereocenters. The quantitative estimate of drug-likeness (QED) is 0.244. The number of nitrogens with two attached hydrogens (primary N) is 1. The van der Waals surface area contributed by atoms with Crippen molar-refractivity contribution in [3.05, 3.63) is 80.6 Å². The molecule has 4 rings (SSSR count). The van der Waals surface area contributed by atoms with Crippen molar-refractivity contribution in [3.63, 3.8) is 0 Å². The second-order valence-electron chi connectivity index (χ2n) is 9.60. The molecule has 236 valence electrons. The van der Waals surface area contributed by atoms with Crippen LogP contribution in [0.4, 0.5) is 17.6 Å². The molecule has 1 aliphatic rings. The highest BCUT2D eigenvalue weighted by Crippen LogP contribution is 2.37. The van der Waals surface area contributed by atoms with Gasteiger partial charge in [-0.15, -0.1) is 0 Å². The SMILES string of the molecule is CC.CCC.CCc1ccc2c(c1)c(C(F)(F)F)c(Cc1cccc(C)c1)c(=O)n2C.COC(=O)CN.FC1CCC1. The number of hydrogen-bond donors (Lipinski definition) is 1. The van der Waals surface area contributed by atoms with Crippen LogP contribution in [0.5, 0.6) is 0 Å². The Kier molecular flexibility index (Phi) is 18.3. The highest BCUT2D eigenvalue weighted by molar-refractivity contribution is 5.85. The Morgan fingerprint density at radius 2 is 1.62 bits per heavy atom. The molecule has 0 bridgehead atoms. The number of hydrogen-bond acceptors (Lipinski definition) is 4. The van der Waals surface area contributed by atoms with E-state index in [1.807, 2.05) is 39.8 Å². The zero-order valence-corrected chi connectivity index (χ0v) is 26.3. The summed E-state index contributed by atoms with van der Waals surface area (Å²) in [5.74, 6) is -0.380. The number of carbonyl (C=O) groups excluding carboxylic acids is 1. The molecule has 9 heteroatoms. The molecule has 1 fully saturated rings. The standard InChI is InChI=1S/C21H20F3NO.C4H7F.C3H7NO2.C3H8.C2H6/c1-4-14-8-9-18-16(11-14)19(21(22,23)24)17(20(26)25(18)3)12-15-7-5-6-13(2)10-15;5-4-2-1-3-4;1-6-3(5)2-4;1-3-2;1-2/h5-11H,4,12H2,1-3H3;4H,1-3H2;2,4H2,1H3;3H2,1-2H3;1-2H3. The summed E-state index contributed by atoms with van der Waals surface area (Å²) in [4.78, 5) is 22.6. The molecule has 0 amide bonds. The highest BCUT2D eigenvalue weighted by atomic mass is 19.4. The van der Waals surface area contributed by atoms with Crippen LogP contribution in [0.2, 0.25) is 0 Å². The fraction of sp³-hybridized carbons (Fsp3) is 0.515. The lowest BCUT2D eigenvalue weighted by atomic mass is 9.95. The molecule has 1 heterocycles. The van der Waals surface area contributed by atoms with Crippen molar-refractivity contribution in [3.8, 4) is 0 Å². The van der Waals surface area contributed by atoms with Crippen molar-refractivity contribution in [1.29, 1.82) is 0 Å². The Bertz CT molecular complexity index is 1280. The molecule has 0 saturated heterocycles. The van der Waals surface area contributed by atoms with Gasteiger partial charge in [0.1, 0.15) is 6.17 Å². The highest BCUT2D eigenvalue weighted by Gasteiger charge is 2.37. The number of fused-ring (bicyclic) bond motifs is 1. The van der Waals surface area contributed by atoms with Gasteiger partial charge in [-0.1, -0.05) is 76.9 Å². The molecular weight excluding hydrogens is 548 g/mol. The lowest BCUT2D eigenvalue weighted by Gasteiger charge is -2.18. The van der Waals surface area contributed by atoms with Gasteiger partial charge in [-0.25, -0.2) is 4.39 Å². The second-order valence-corrected chi connectivity index (χ2v) is 9.60. The summed E-state index contributed by atoms with van der Waals surface area (Å²) >= 11 is 0. The Morgan fingerprint density at radius 3 is 2.00 bits per heavy atom. The third-order valence-electron chi connectivity index (χ3n) is 6.14. The normalized spacial score (nSPS) is 12.1. The number of aromatic nitrogens is 1. The number of aryl methyl sites for hydroxylation is 3. The molecule has 0 radical (unpaired) electrons. The summed E-state index contributed by atoms with van der Waals surface area (Å²) in [6.07, 6.45) is -0.452. The van der Waals surface area contributed by atoms with Gasteiger partial charge in [0.2, 0.25) is 0 Å². The number of halogens is 4. The fourth-order valence-corrected chi connectivity index (χ4v) is 3.83. The van der Waals surface area contributed by atoms with Crippen molar-refractivity contribution >= 4 is 16.9 Å². The van der Waals surface area contributed by atoms with E-state index in [-0.39, 0.29) is 29.9 Å².